The van der Waals surface area contributed by atoms with Crippen molar-refractivity contribution in [1.29, 1.82) is 0 Å². The van der Waals surface area contributed by atoms with Crippen molar-refractivity contribution in [2.45, 2.75) is 25.4 Å². The number of aromatic nitrogens is 1. The number of nitrogens with zero attached hydrogens (tertiary/aromatic N) is 2. The Labute approximate surface area is 91.3 Å². The summed E-state index contributed by atoms with van der Waals surface area (Å²) in [6.07, 6.45) is 6.43. The first-order valence-corrected chi connectivity index (χ1v) is 5.60. The maximum atomic E-state index is 5.81. The zero-order chi connectivity index (χ0) is 10.7. The number of hydrogen-bond acceptors (Lipinski definition) is 3. The molecule has 1 aliphatic rings. The van der Waals surface area contributed by atoms with E-state index in [4.69, 9.17) is 5.73 Å². The molecule has 0 bridgehead atoms. The minimum absolute atomic E-state index is 0.546. The highest BCUT2D eigenvalue weighted by atomic mass is 15.1. The van der Waals surface area contributed by atoms with Crippen LogP contribution in [0.25, 0.3) is 0 Å². The molecule has 3 heteroatoms. The van der Waals surface area contributed by atoms with E-state index in [-0.39, 0.29) is 0 Å². The van der Waals surface area contributed by atoms with Crippen LogP contribution in [0.2, 0.25) is 0 Å². The van der Waals surface area contributed by atoms with Gasteiger partial charge in [-0.2, -0.15) is 0 Å². The molecule has 1 fully saturated rings. The average Bonchev–Trinajstić information content (AvgIpc) is 3.04. The SMILES string of the molecule is CN(Cc1cccnc1)C(CN)C1CC1. The van der Waals surface area contributed by atoms with E-state index in [2.05, 4.69) is 23.0 Å². The molecule has 0 spiro atoms. The molecule has 2 rings (SSSR count). The molecule has 0 aliphatic heterocycles. The highest BCUT2D eigenvalue weighted by Gasteiger charge is 2.32. The smallest absolute Gasteiger partial charge is 0.0312 e. The predicted octanol–water partition coefficient (Wildman–Crippen LogP) is 1.25. The Balaban J connectivity index is 1.93. The highest BCUT2D eigenvalue weighted by Crippen LogP contribution is 2.34. The molecular formula is C12H19N3. The van der Waals surface area contributed by atoms with Gasteiger partial charge in [0, 0.05) is 31.5 Å². The van der Waals surface area contributed by atoms with Gasteiger partial charge in [0.15, 0.2) is 0 Å². The molecule has 1 heterocycles. The van der Waals surface area contributed by atoms with Crippen LogP contribution >= 0.6 is 0 Å². The molecule has 2 N–H and O–H groups in total. The quantitative estimate of drug-likeness (QED) is 0.786. The largest absolute Gasteiger partial charge is 0.329 e. The lowest BCUT2D eigenvalue weighted by Crippen LogP contribution is -2.39. The molecule has 1 aliphatic carbocycles. The van der Waals surface area contributed by atoms with Crippen LogP contribution in [0.4, 0.5) is 0 Å². The molecular weight excluding hydrogens is 186 g/mol. The van der Waals surface area contributed by atoms with Crippen LogP contribution in [0.3, 0.4) is 0 Å². The van der Waals surface area contributed by atoms with E-state index in [1.54, 1.807) is 0 Å². The Morgan fingerprint density at radius 3 is 2.93 bits per heavy atom. The van der Waals surface area contributed by atoms with Crippen LogP contribution < -0.4 is 5.73 Å². The molecule has 0 amide bonds. The van der Waals surface area contributed by atoms with Crippen molar-refractivity contribution < 1.29 is 0 Å². The van der Waals surface area contributed by atoms with Gasteiger partial charge in [-0.1, -0.05) is 6.07 Å². The number of rotatable bonds is 5. The van der Waals surface area contributed by atoms with Crippen LogP contribution in [-0.2, 0) is 6.54 Å². The van der Waals surface area contributed by atoms with Crippen LogP contribution in [-0.4, -0.2) is 29.5 Å². The second-order valence-corrected chi connectivity index (χ2v) is 4.42. The van der Waals surface area contributed by atoms with Crippen LogP contribution in [0.5, 0.6) is 0 Å². The summed E-state index contributed by atoms with van der Waals surface area (Å²) in [5, 5.41) is 0. The van der Waals surface area contributed by atoms with Crippen molar-refractivity contribution in [3.05, 3.63) is 30.1 Å². The standard InChI is InChI=1S/C12H19N3/c1-15(12(7-13)11-4-5-11)9-10-3-2-6-14-8-10/h2-3,6,8,11-12H,4-5,7,9,13H2,1H3. The monoisotopic (exact) mass is 205 g/mol. The molecule has 1 saturated carbocycles. The van der Waals surface area contributed by atoms with Gasteiger partial charge in [0.05, 0.1) is 0 Å². The van der Waals surface area contributed by atoms with Crippen molar-refractivity contribution in [3.8, 4) is 0 Å². The van der Waals surface area contributed by atoms with Crippen molar-refractivity contribution in [2.75, 3.05) is 13.6 Å². The van der Waals surface area contributed by atoms with E-state index in [1.807, 2.05) is 18.5 Å². The van der Waals surface area contributed by atoms with Crippen LogP contribution in [0.1, 0.15) is 18.4 Å². The fourth-order valence-corrected chi connectivity index (χ4v) is 2.11. The lowest BCUT2D eigenvalue weighted by molar-refractivity contribution is 0.215. The molecule has 1 aromatic rings. The molecule has 0 radical (unpaired) electrons. The van der Waals surface area contributed by atoms with Crippen LogP contribution in [0, 0.1) is 5.92 Å². The topological polar surface area (TPSA) is 42.2 Å². The first-order chi connectivity index (χ1) is 7.31. The summed E-state index contributed by atoms with van der Waals surface area (Å²) in [4.78, 5) is 6.48. The Hall–Kier alpha value is -0.930. The van der Waals surface area contributed by atoms with Gasteiger partial charge < -0.3 is 5.73 Å². The van der Waals surface area contributed by atoms with Gasteiger partial charge in [-0.3, -0.25) is 9.88 Å². The second-order valence-electron chi connectivity index (χ2n) is 4.42. The van der Waals surface area contributed by atoms with Crippen molar-refractivity contribution in [2.24, 2.45) is 11.7 Å². The summed E-state index contributed by atoms with van der Waals surface area (Å²) in [6.45, 7) is 1.72. The van der Waals surface area contributed by atoms with Crippen molar-refractivity contribution >= 4 is 0 Å². The molecule has 15 heavy (non-hydrogen) atoms. The summed E-state index contributed by atoms with van der Waals surface area (Å²) in [6, 6.07) is 4.65. The Bertz CT molecular complexity index is 295. The minimum Gasteiger partial charge on any atom is -0.329 e. The number of likely N-dealkylation sites (N-methyl/N-ethyl adjacent to an activating group) is 1. The maximum Gasteiger partial charge on any atom is 0.0312 e. The van der Waals surface area contributed by atoms with E-state index in [1.165, 1.54) is 18.4 Å². The number of nitrogens with two attached hydrogens (primary N) is 1. The fraction of sp³-hybridized carbons (Fsp3) is 0.583. The zero-order valence-electron chi connectivity index (χ0n) is 9.26. The van der Waals surface area contributed by atoms with Gasteiger partial charge in [0.1, 0.15) is 0 Å². The van der Waals surface area contributed by atoms with E-state index < -0.39 is 0 Å². The summed E-state index contributed by atoms with van der Waals surface area (Å²) in [7, 11) is 2.16. The lowest BCUT2D eigenvalue weighted by atomic mass is 10.1. The average molecular weight is 205 g/mol. The third-order valence-electron chi connectivity index (χ3n) is 3.13. The first-order valence-electron chi connectivity index (χ1n) is 5.60. The highest BCUT2D eigenvalue weighted by molar-refractivity contribution is 5.08. The Morgan fingerprint density at radius 2 is 2.40 bits per heavy atom. The summed E-state index contributed by atoms with van der Waals surface area (Å²) in [5.74, 6) is 0.830. The third-order valence-corrected chi connectivity index (χ3v) is 3.13. The maximum absolute atomic E-state index is 5.81. The summed E-state index contributed by atoms with van der Waals surface area (Å²) < 4.78 is 0. The van der Waals surface area contributed by atoms with Gasteiger partial charge >= 0.3 is 0 Å². The molecule has 0 aromatic carbocycles. The van der Waals surface area contributed by atoms with Gasteiger partial charge in [0.25, 0.3) is 0 Å². The summed E-state index contributed by atoms with van der Waals surface area (Å²) in [5.41, 5.74) is 7.07. The van der Waals surface area contributed by atoms with Gasteiger partial charge in [-0.25, -0.2) is 0 Å². The van der Waals surface area contributed by atoms with E-state index in [0.29, 0.717) is 6.04 Å². The lowest BCUT2D eigenvalue weighted by Gasteiger charge is -2.26. The first kappa shape index (κ1) is 10.6. The molecule has 0 saturated heterocycles. The predicted molar refractivity (Wildman–Crippen MR) is 61.3 cm³/mol. The molecule has 3 nitrogen and oxygen atoms in total. The zero-order valence-corrected chi connectivity index (χ0v) is 9.26. The van der Waals surface area contributed by atoms with Gasteiger partial charge in [-0.05, 0) is 37.4 Å². The molecule has 1 unspecified atom stereocenters. The van der Waals surface area contributed by atoms with Crippen LogP contribution in [0.15, 0.2) is 24.5 Å². The van der Waals surface area contributed by atoms with E-state index in [0.717, 1.165) is 19.0 Å². The van der Waals surface area contributed by atoms with E-state index >= 15 is 0 Å². The fourth-order valence-electron chi connectivity index (χ4n) is 2.11. The number of hydrogen-bond donors (Lipinski definition) is 1. The Morgan fingerprint density at radius 1 is 1.60 bits per heavy atom. The van der Waals surface area contributed by atoms with Crippen molar-refractivity contribution in [1.82, 2.24) is 9.88 Å². The normalized spacial score (nSPS) is 18.1. The molecule has 1 atom stereocenters. The van der Waals surface area contributed by atoms with E-state index in [9.17, 15) is 0 Å². The number of pyridine rings is 1. The molecule has 82 valence electrons. The Kier molecular flexibility index (Phi) is 3.34. The second kappa shape index (κ2) is 4.73. The minimum atomic E-state index is 0.546. The van der Waals surface area contributed by atoms with Crippen molar-refractivity contribution in [3.63, 3.8) is 0 Å². The molecule has 1 aromatic heterocycles. The summed E-state index contributed by atoms with van der Waals surface area (Å²) >= 11 is 0. The third kappa shape index (κ3) is 2.76. The van der Waals surface area contributed by atoms with Gasteiger partial charge in [-0.15, -0.1) is 0 Å². The van der Waals surface area contributed by atoms with Gasteiger partial charge in [0.2, 0.25) is 0 Å².